The van der Waals surface area contributed by atoms with Gasteiger partial charge in [-0.2, -0.15) is 5.10 Å². The fourth-order valence-electron chi connectivity index (χ4n) is 3.09. The predicted molar refractivity (Wildman–Crippen MR) is 86.7 cm³/mol. The largest absolute Gasteiger partial charge is 0.351 e. The van der Waals surface area contributed by atoms with E-state index in [0.29, 0.717) is 5.41 Å². The standard InChI is InChI=1S/C13H21N5.HI/c1-14-12(15-9-11-3-7-16-17-11)18-8-6-13(10-18)4-2-5-13;/h3,7H,2,4-6,8-10H2,1H3,(H,14,15)(H,16,17);1H. The van der Waals surface area contributed by atoms with E-state index in [1.165, 1.54) is 32.2 Å². The average molecular weight is 375 g/mol. The summed E-state index contributed by atoms with van der Waals surface area (Å²) in [5, 5.41) is 10.3. The molecule has 1 saturated heterocycles. The second-order valence-electron chi connectivity index (χ2n) is 5.51. The number of nitrogens with zero attached hydrogens (tertiary/aromatic N) is 3. The van der Waals surface area contributed by atoms with Crippen molar-refractivity contribution in [2.24, 2.45) is 10.4 Å². The maximum absolute atomic E-state index is 4.39. The Morgan fingerprint density at radius 2 is 2.37 bits per heavy atom. The first-order chi connectivity index (χ1) is 8.81. The highest BCUT2D eigenvalue weighted by Crippen LogP contribution is 2.47. The molecule has 1 aliphatic carbocycles. The number of H-pyrrole nitrogens is 1. The third-order valence-electron chi connectivity index (χ3n) is 4.36. The van der Waals surface area contributed by atoms with Gasteiger partial charge < -0.3 is 10.2 Å². The highest BCUT2D eigenvalue weighted by Gasteiger charge is 2.43. The lowest BCUT2D eigenvalue weighted by Crippen LogP contribution is -2.42. The van der Waals surface area contributed by atoms with Crippen LogP contribution in [0.25, 0.3) is 0 Å². The minimum atomic E-state index is 0. The van der Waals surface area contributed by atoms with Crippen LogP contribution in [0.2, 0.25) is 0 Å². The van der Waals surface area contributed by atoms with Crippen LogP contribution in [0.1, 0.15) is 31.4 Å². The van der Waals surface area contributed by atoms with Crippen molar-refractivity contribution in [2.75, 3.05) is 20.1 Å². The average Bonchev–Trinajstić information content (AvgIpc) is 2.97. The van der Waals surface area contributed by atoms with Crippen LogP contribution in [-0.4, -0.2) is 41.2 Å². The maximum Gasteiger partial charge on any atom is 0.193 e. The zero-order valence-corrected chi connectivity index (χ0v) is 13.7. The van der Waals surface area contributed by atoms with Gasteiger partial charge >= 0.3 is 0 Å². The van der Waals surface area contributed by atoms with E-state index in [1.54, 1.807) is 6.20 Å². The van der Waals surface area contributed by atoms with Gasteiger partial charge in [-0.25, -0.2) is 0 Å². The Morgan fingerprint density at radius 3 is 2.89 bits per heavy atom. The first-order valence-electron chi connectivity index (χ1n) is 6.75. The number of nitrogens with one attached hydrogen (secondary N) is 2. The molecule has 0 radical (unpaired) electrons. The molecule has 0 bridgehead atoms. The molecule has 106 valence electrons. The van der Waals surface area contributed by atoms with Gasteiger partial charge in [-0.15, -0.1) is 24.0 Å². The first-order valence-corrected chi connectivity index (χ1v) is 6.75. The number of aromatic amines is 1. The fraction of sp³-hybridized carbons (Fsp3) is 0.692. The first kappa shape index (κ1) is 14.6. The third kappa shape index (κ3) is 3.04. The van der Waals surface area contributed by atoms with Crippen LogP contribution in [-0.2, 0) is 6.54 Å². The van der Waals surface area contributed by atoms with Crippen molar-refractivity contribution in [3.8, 4) is 0 Å². The molecule has 2 fully saturated rings. The zero-order valence-electron chi connectivity index (χ0n) is 11.4. The summed E-state index contributed by atoms with van der Waals surface area (Å²) in [4.78, 5) is 6.79. The zero-order chi connectivity index (χ0) is 12.4. The number of likely N-dealkylation sites (tertiary alicyclic amines) is 1. The summed E-state index contributed by atoms with van der Waals surface area (Å²) in [6.07, 6.45) is 7.33. The minimum absolute atomic E-state index is 0. The Hall–Kier alpha value is -0.790. The van der Waals surface area contributed by atoms with Crippen LogP contribution >= 0.6 is 24.0 Å². The van der Waals surface area contributed by atoms with E-state index in [4.69, 9.17) is 0 Å². The lowest BCUT2D eigenvalue weighted by atomic mass is 9.68. The van der Waals surface area contributed by atoms with Gasteiger partial charge in [0.2, 0.25) is 0 Å². The molecule has 1 aliphatic heterocycles. The number of aliphatic imine (C=N–C) groups is 1. The maximum atomic E-state index is 4.39. The third-order valence-corrected chi connectivity index (χ3v) is 4.36. The van der Waals surface area contributed by atoms with E-state index in [1.807, 2.05) is 13.1 Å². The van der Waals surface area contributed by atoms with Crippen LogP contribution in [0.5, 0.6) is 0 Å². The summed E-state index contributed by atoms with van der Waals surface area (Å²) in [5.41, 5.74) is 1.71. The Morgan fingerprint density at radius 1 is 1.53 bits per heavy atom. The summed E-state index contributed by atoms with van der Waals surface area (Å²) in [5.74, 6) is 1.02. The monoisotopic (exact) mass is 375 g/mol. The second-order valence-corrected chi connectivity index (χ2v) is 5.51. The molecule has 0 atom stereocenters. The summed E-state index contributed by atoms with van der Waals surface area (Å²) < 4.78 is 0. The Balaban J connectivity index is 0.00000133. The molecule has 3 rings (SSSR count). The van der Waals surface area contributed by atoms with E-state index in [2.05, 4.69) is 25.4 Å². The summed E-state index contributed by atoms with van der Waals surface area (Å²) in [6, 6.07) is 1.98. The lowest BCUT2D eigenvalue weighted by molar-refractivity contribution is 0.151. The number of rotatable bonds is 2. The Kier molecular flexibility index (Phi) is 4.70. The van der Waals surface area contributed by atoms with Crippen molar-refractivity contribution in [2.45, 2.75) is 32.2 Å². The summed E-state index contributed by atoms with van der Waals surface area (Å²) in [6.45, 7) is 3.08. The van der Waals surface area contributed by atoms with Crippen molar-refractivity contribution in [3.05, 3.63) is 18.0 Å². The molecular formula is C13H22IN5. The lowest BCUT2D eigenvalue weighted by Gasteiger charge is -2.38. The molecule has 0 unspecified atom stereocenters. The van der Waals surface area contributed by atoms with Crippen LogP contribution < -0.4 is 5.32 Å². The van der Waals surface area contributed by atoms with Crippen molar-refractivity contribution >= 4 is 29.9 Å². The van der Waals surface area contributed by atoms with E-state index in [-0.39, 0.29) is 24.0 Å². The normalized spacial score (nSPS) is 21.1. The Labute approximate surface area is 131 Å². The van der Waals surface area contributed by atoms with Crippen molar-refractivity contribution in [1.82, 2.24) is 20.4 Å². The topological polar surface area (TPSA) is 56.3 Å². The number of guanidine groups is 1. The van der Waals surface area contributed by atoms with E-state index < -0.39 is 0 Å². The molecule has 1 aromatic heterocycles. The van der Waals surface area contributed by atoms with Crippen LogP contribution in [0.15, 0.2) is 17.3 Å². The molecular weight excluding hydrogens is 353 g/mol. The van der Waals surface area contributed by atoms with E-state index in [0.717, 1.165) is 24.7 Å². The van der Waals surface area contributed by atoms with Gasteiger partial charge in [-0.1, -0.05) is 6.42 Å². The number of aromatic nitrogens is 2. The molecule has 1 aromatic rings. The van der Waals surface area contributed by atoms with Gasteiger partial charge in [0.05, 0.1) is 12.2 Å². The van der Waals surface area contributed by atoms with Gasteiger partial charge in [0.25, 0.3) is 0 Å². The SMILES string of the molecule is CN=C(NCc1ccn[nH]1)N1CCC2(CCC2)C1.I. The van der Waals surface area contributed by atoms with Gasteiger partial charge in [0.15, 0.2) is 5.96 Å². The summed E-state index contributed by atoms with van der Waals surface area (Å²) in [7, 11) is 1.86. The van der Waals surface area contributed by atoms with Gasteiger partial charge in [-0.05, 0) is 30.7 Å². The Bertz CT molecular complexity index is 424. The highest BCUT2D eigenvalue weighted by molar-refractivity contribution is 14.0. The van der Waals surface area contributed by atoms with E-state index >= 15 is 0 Å². The summed E-state index contributed by atoms with van der Waals surface area (Å²) >= 11 is 0. The molecule has 2 aliphatic rings. The van der Waals surface area contributed by atoms with Crippen LogP contribution in [0.4, 0.5) is 0 Å². The molecule has 2 heterocycles. The predicted octanol–water partition coefficient (Wildman–Crippen LogP) is 1.98. The van der Waals surface area contributed by atoms with Crippen molar-refractivity contribution in [3.63, 3.8) is 0 Å². The number of hydrogen-bond donors (Lipinski definition) is 2. The van der Waals surface area contributed by atoms with Crippen molar-refractivity contribution in [1.29, 1.82) is 0 Å². The van der Waals surface area contributed by atoms with Crippen LogP contribution in [0.3, 0.4) is 0 Å². The molecule has 0 aromatic carbocycles. The number of hydrogen-bond acceptors (Lipinski definition) is 2. The molecule has 0 amide bonds. The molecule has 1 spiro atoms. The van der Waals surface area contributed by atoms with Gasteiger partial charge in [0, 0.05) is 26.3 Å². The van der Waals surface area contributed by atoms with Crippen LogP contribution in [0, 0.1) is 5.41 Å². The minimum Gasteiger partial charge on any atom is -0.351 e. The fourth-order valence-corrected chi connectivity index (χ4v) is 3.09. The molecule has 19 heavy (non-hydrogen) atoms. The smallest absolute Gasteiger partial charge is 0.193 e. The number of halogens is 1. The van der Waals surface area contributed by atoms with Gasteiger partial charge in [0.1, 0.15) is 0 Å². The van der Waals surface area contributed by atoms with Crippen molar-refractivity contribution < 1.29 is 0 Å². The molecule has 5 nitrogen and oxygen atoms in total. The van der Waals surface area contributed by atoms with E-state index in [9.17, 15) is 0 Å². The molecule has 1 saturated carbocycles. The molecule has 2 N–H and O–H groups in total. The van der Waals surface area contributed by atoms with Gasteiger partial charge in [-0.3, -0.25) is 10.1 Å². The molecule has 6 heteroatoms. The quantitative estimate of drug-likeness (QED) is 0.472. The second kappa shape index (κ2) is 6.11. The highest BCUT2D eigenvalue weighted by atomic mass is 127.